The fourth-order valence-electron chi connectivity index (χ4n) is 3.18. The summed E-state index contributed by atoms with van der Waals surface area (Å²) in [4.78, 5) is 35.2. The number of benzene rings is 3. The number of carbonyl (C=O) groups is 2. The van der Waals surface area contributed by atoms with E-state index in [-0.39, 0.29) is 35.1 Å². The molecule has 2 N–H and O–H groups in total. The average molecular weight is 502 g/mol. The van der Waals surface area contributed by atoms with Gasteiger partial charge in [0.1, 0.15) is 17.4 Å². The van der Waals surface area contributed by atoms with Crippen molar-refractivity contribution in [1.29, 1.82) is 5.26 Å². The highest BCUT2D eigenvalue weighted by atomic mass is 16.6. The molecule has 3 rings (SSSR count). The first-order chi connectivity index (χ1) is 17.8. The van der Waals surface area contributed by atoms with Gasteiger partial charge in [0.05, 0.1) is 24.8 Å². The largest absolute Gasteiger partial charge is 0.495 e. The third-order valence-corrected chi connectivity index (χ3v) is 4.92. The van der Waals surface area contributed by atoms with Crippen molar-refractivity contribution in [3.8, 4) is 23.3 Å². The van der Waals surface area contributed by atoms with Crippen LogP contribution in [-0.4, -0.2) is 37.6 Å². The molecule has 0 fully saturated rings. The van der Waals surface area contributed by atoms with Crippen molar-refractivity contribution >= 4 is 35.0 Å². The van der Waals surface area contributed by atoms with Crippen LogP contribution in [0, 0.1) is 21.4 Å². The van der Waals surface area contributed by atoms with Crippen molar-refractivity contribution in [2.45, 2.75) is 0 Å². The molecule has 11 heteroatoms. The quantitative estimate of drug-likeness (QED) is 0.181. The second-order valence-electron chi connectivity index (χ2n) is 7.38. The van der Waals surface area contributed by atoms with Gasteiger partial charge in [-0.25, -0.2) is 0 Å². The number of nitro benzene ring substituents is 1. The number of anilines is 2. The van der Waals surface area contributed by atoms with Gasteiger partial charge in [-0.15, -0.1) is 0 Å². The fraction of sp³-hybridized carbons (Fsp3) is 0.115. The maximum absolute atomic E-state index is 12.5. The van der Waals surface area contributed by atoms with Gasteiger partial charge >= 0.3 is 0 Å². The Kier molecular flexibility index (Phi) is 8.77. The number of methoxy groups -OCH3 is 2. The zero-order chi connectivity index (χ0) is 26.8. The number of non-ortho nitro benzene ring substituents is 1. The minimum atomic E-state index is -0.740. The van der Waals surface area contributed by atoms with Gasteiger partial charge < -0.3 is 24.8 Å². The van der Waals surface area contributed by atoms with Crippen molar-refractivity contribution in [1.82, 2.24) is 0 Å². The van der Waals surface area contributed by atoms with E-state index in [9.17, 15) is 25.0 Å². The minimum Gasteiger partial charge on any atom is -0.495 e. The van der Waals surface area contributed by atoms with E-state index >= 15 is 0 Å². The van der Waals surface area contributed by atoms with Gasteiger partial charge in [0.25, 0.3) is 17.5 Å². The third kappa shape index (κ3) is 7.06. The molecule has 0 bridgehead atoms. The predicted molar refractivity (Wildman–Crippen MR) is 135 cm³/mol. The van der Waals surface area contributed by atoms with Gasteiger partial charge in [0.15, 0.2) is 18.1 Å². The van der Waals surface area contributed by atoms with E-state index in [1.54, 1.807) is 30.3 Å². The van der Waals surface area contributed by atoms with Crippen molar-refractivity contribution in [3.05, 3.63) is 88.0 Å². The van der Waals surface area contributed by atoms with Gasteiger partial charge in [-0.3, -0.25) is 19.7 Å². The molecule has 188 valence electrons. The first kappa shape index (κ1) is 26.2. The minimum absolute atomic E-state index is 0.174. The van der Waals surface area contributed by atoms with E-state index in [0.29, 0.717) is 17.0 Å². The number of hydrogen-bond acceptors (Lipinski definition) is 8. The lowest BCUT2D eigenvalue weighted by Crippen LogP contribution is -2.20. The monoisotopic (exact) mass is 502 g/mol. The molecule has 0 aromatic heterocycles. The maximum Gasteiger partial charge on any atom is 0.271 e. The summed E-state index contributed by atoms with van der Waals surface area (Å²) in [6.45, 7) is -0.307. The summed E-state index contributed by atoms with van der Waals surface area (Å²) >= 11 is 0. The number of hydrogen-bond donors (Lipinski definition) is 2. The van der Waals surface area contributed by atoms with Crippen LogP contribution in [0.3, 0.4) is 0 Å². The summed E-state index contributed by atoms with van der Waals surface area (Å²) in [5, 5.41) is 25.6. The van der Waals surface area contributed by atoms with E-state index in [4.69, 9.17) is 14.2 Å². The first-order valence-corrected chi connectivity index (χ1v) is 10.8. The second kappa shape index (κ2) is 12.4. The molecule has 37 heavy (non-hydrogen) atoms. The Bertz CT molecular complexity index is 1400. The summed E-state index contributed by atoms with van der Waals surface area (Å²) in [7, 11) is 2.91. The molecule has 0 atom stereocenters. The lowest BCUT2D eigenvalue weighted by molar-refractivity contribution is -0.384. The van der Waals surface area contributed by atoms with E-state index in [1.165, 1.54) is 56.7 Å². The van der Waals surface area contributed by atoms with Crippen LogP contribution in [0.15, 0.2) is 72.3 Å². The molecule has 0 spiro atoms. The molecular formula is C26H22N4O7. The summed E-state index contributed by atoms with van der Waals surface area (Å²) in [5.41, 5.74) is 0.690. The van der Waals surface area contributed by atoms with Crippen LogP contribution in [0.4, 0.5) is 17.1 Å². The van der Waals surface area contributed by atoms with Crippen LogP contribution in [0.5, 0.6) is 17.2 Å². The normalized spacial score (nSPS) is 10.6. The molecule has 0 aliphatic carbocycles. The highest BCUT2D eigenvalue weighted by Crippen LogP contribution is 2.29. The molecule has 0 aliphatic rings. The SMILES string of the molecule is COc1ccccc1NC(=O)COc1ccc(/C=C(/C#N)C(=O)Nc2cccc([N+](=O)[O-])c2)cc1OC. The molecule has 3 aromatic rings. The number of amides is 2. The predicted octanol–water partition coefficient (Wildman–Crippen LogP) is 4.18. The fourth-order valence-corrected chi connectivity index (χ4v) is 3.18. The van der Waals surface area contributed by atoms with E-state index < -0.39 is 16.7 Å². The van der Waals surface area contributed by atoms with Gasteiger partial charge in [0, 0.05) is 17.8 Å². The molecule has 0 saturated heterocycles. The zero-order valence-corrected chi connectivity index (χ0v) is 19.9. The standard InChI is InChI=1S/C26H22N4O7/c1-35-22-9-4-3-8-21(22)29-25(31)16-37-23-11-10-17(13-24(23)36-2)12-18(15-27)26(32)28-19-6-5-7-20(14-19)30(33)34/h3-14H,16H2,1-2H3,(H,28,32)(H,29,31)/b18-12-. The van der Waals surface area contributed by atoms with Crippen LogP contribution < -0.4 is 24.8 Å². The van der Waals surface area contributed by atoms with Crippen LogP contribution >= 0.6 is 0 Å². The number of nitriles is 1. The van der Waals surface area contributed by atoms with Crippen LogP contribution in [0.2, 0.25) is 0 Å². The summed E-state index contributed by atoms with van der Waals surface area (Å²) in [6, 6.07) is 18.8. The molecule has 2 amide bonds. The average Bonchev–Trinajstić information content (AvgIpc) is 2.91. The third-order valence-electron chi connectivity index (χ3n) is 4.92. The van der Waals surface area contributed by atoms with E-state index in [2.05, 4.69) is 10.6 Å². The highest BCUT2D eigenvalue weighted by Gasteiger charge is 2.14. The van der Waals surface area contributed by atoms with E-state index in [1.807, 2.05) is 6.07 Å². The number of para-hydroxylation sites is 2. The Morgan fingerprint density at radius 3 is 2.43 bits per heavy atom. The van der Waals surface area contributed by atoms with Crippen LogP contribution in [0.1, 0.15) is 5.56 Å². The molecular weight excluding hydrogens is 480 g/mol. The van der Waals surface area contributed by atoms with Crippen molar-refractivity contribution in [2.24, 2.45) is 0 Å². The number of nitrogens with one attached hydrogen (secondary N) is 2. The van der Waals surface area contributed by atoms with Gasteiger partial charge in [-0.05, 0) is 42.0 Å². The molecule has 0 unspecified atom stereocenters. The summed E-state index contributed by atoms with van der Waals surface area (Å²) in [5.74, 6) is -0.104. The van der Waals surface area contributed by atoms with Crippen molar-refractivity contribution in [2.75, 3.05) is 31.5 Å². The number of rotatable bonds is 10. The lowest BCUT2D eigenvalue weighted by Gasteiger charge is -2.13. The summed E-state index contributed by atoms with van der Waals surface area (Å²) in [6.07, 6.45) is 1.33. The smallest absolute Gasteiger partial charge is 0.271 e. The zero-order valence-electron chi connectivity index (χ0n) is 19.9. The Labute approximate surface area is 212 Å². The van der Waals surface area contributed by atoms with Gasteiger partial charge in [-0.1, -0.05) is 24.3 Å². The number of nitro groups is 1. The Morgan fingerprint density at radius 2 is 1.73 bits per heavy atom. The first-order valence-electron chi connectivity index (χ1n) is 10.8. The van der Waals surface area contributed by atoms with Crippen molar-refractivity contribution in [3.63, 3.8) is 0 Å². The Balaban J connectivity index is 1.69. The van der Waals surface area contributed by atoms with Crippen LogP contribution in [-0.2, 0) is 9.59 Å². The molecule has 0 radical (unpaired) electrons. The lowest BCUT2D eigenvalue weighted by atomic mass is 10.1. The number of nitrogens with zero attached hydrogens (tertiary/aromatic N) is 2. The van der Waals surface area contributed by atoms with Crippen LogP contribution in [0.25, 0.3) is 6.08 Å². The van der Waals surface area contributed by atoms with Crippen molar-refractivity contribution < 1.29 is 28.7 Å². The molecule has 0 saturated carbocycles. The number of carbonyl (C=O) groups excluding carboxylic acids is 2. The maximum atomic E-state index is 12.5. The summed E-state index contributed by atoms with van der Waals surface area (Å²) < 4.78 is 16.1. The topological polar surface area (TPSA) is 153 Å². The molecule has 3 aromatic carbocycles. The Hall–Kier alpha value is -5.37. The molecule has 0 aliphatic heterocycles. The Morgan fingerprint density at radius 1 is 0.973 bits per heavy atom. The molecule has 0 heterocycles. The van der Waals surface area contributed by atoms with Gasteiger partial charge in [-0.2, -0.15) is 5.26 Å². The van der Waals surface area contributed by atoms with E-state index in [0.717, 1.165) is 0 Å². The number of ether oxygens (including phenoxy) is 3. The molecule has 11 nitrogen and oxygen atoms in total. The van der Waals surface area contributed by atoms with Gasteiger partial charge in [0.2, 0.25) is 0 Å². The second-order valence-corrected chi connectivity index (χ2v) is 7.38. The highest BCUT2D eigenvalue weighted by molar-refractivity contribution is 6.09.